The first-order chi connectivity index (χ1) is 10.2. The first-order valence-corrected chi connectivity index (χ1v) is 8.14. The van der Waals surface area contributed by atoms with Crippen LogP contribution in [0.25, 0.3) is 0 Å². The SMILES string of the molecule is CC(C)(C)OC(=O)N1CCN(Cc2cc(N)ncc2Br)CC1. The van der Waals surface area contributed by atoms with Gasteiger partial charge in [-0.15, -0.1) is 0 Å². The minimum Gasteiger partial charge on any atom is -0.444 e. The standard InChI is InChI=1S/C15H23BrN4O2/c1-15(2,3)22-14(21)20-6-4-19(5-7-20)10-11-8-13(17)18-9-12(11)16/h8-9H,4-7,10H2,1-3H3,(H2,17,18). The van der Waals surface area contributed by atoms with Gasteiger partial charge < -0.3 is 15.4 Å². The second-order valence-corrected chi connectivity index (χ2v) is 7.30. The minimum atomic E-state index is -0.451. The van der Waals surface area contributed by atoms with Crippen LogP contribution in [0.2, 0.25) is 0 Å². The normalized spacial score (nSPS) is 16.6. The third-order valence-electron chi connectivity index (χ3n) is 3.37. The molecule has 0 spiro atoms. The van der Waals surface area contributed by atoms with Crippen molar-refractivity contribution >= 4 is 27.8 Å². The number of anilines is 1. The summed E-state index contributed by atoms with van der Waals surface area (Å²) >= 11 is 3.50. The Bertz CT molecular complexity index is 537. The number of halogens is 1. The van der Waals surface area contributed by atoms with Crippen LogP contribution in [0.3, 0.4) is 0 Å². The van der Waals surface area contributed by atoms with Crippen molar-refractivity contribution in [2.24, 2.45) is 0 Å². The van der Waals surface area contributed by atoms with Crippen LogP contribution in [0.15, 0.2) is 16.7 Å². The lowest BCUT2D eigenvalue weighted by atomic mass is 10.2. The van der Waals surface area contributed by atoms with Crippen LogP contribution in [0.4, 0.5) is 10.6 Å². The number of hydrogen-bond donors (Lipinski definition) is 1. The molecule has 1 saturated heterocycles. The molecule has 7 heteroatoms. The monoisotopic (exact) mass is 370 g/mol. The Balaban J connectivity index is 1.87. The number of amides is 1. The van der Waals surface area contributed by atoms with Gasteiger partial charge in [-0.1, -0.05) is 0 Å². The fourth-order valence-electron chi connectivity index (χ4n) is 2.28. The summed E-state index contributed by atoms with van der Waals surface area (Å²) in [6.45, 7) is 9.41. The Morgan fingerprint density at radius 2 is 2.00 bits per heavy atom. The molecular formula is C15H23BrN4O2. The van der Waals surface area contributed by atoms with E-state index in [1.165, 1.54) is 0 Å². The van der Waals surface area contributed by atoms with Crippen LogP contribution in [0, 0.1) is 0 Å². The van der Waals surface area contributed by atoms with E-state index < -0.39 is 5.60 Å². The molecule has 0 unspecified atom stereocenters. The molecule has 1 fully saturated rings. The van der Waals surface area contributed by atoms with Gasteiger partial charge in [-0.05, 0) is 48.3 Å². The number of nitrogen functional groups attached to an aromatic ring is 1. The Morgan fingerprint density at radius 1 is 1.36 bits per heavy atom. The van der Waals surface area contributed by atoms with Gasteiger partial charge in [0.25, 0.3) is 0 Å². The minimum absolute atomic E-state index is 0.235. The predicted molar refractivity (Wildman–Crippen MR) is 89.4 cm³/mol. The van der Waals surface area contributed by atoms with Crippen LogP contribution in [-0.4, -0.2) is 52.7 Å². The number of nitrogens with two attached hydrogens (primary N) is 1. The average molecular weight is 371 g/mol. The van der Waals surface area contributed by atoms with Crippen molar-refractivity contribution in [1.82, 2.24) is 14.8 Å². The molecule has 1 aromatic rings. The Morgan fingerprint density at radius 3 is 2.59 bits per heavy atom. The first kappa shape index (κ1) is 17.0. The van der Waals surface area contributed by atoms with Crippen molar-refractivity contribution in [3.8, 4) is 0 Å². The Hall–Kier alpha value is -1.34. The van der Waals surface area contributed by atoms with E-state index in [1.54, 1.807) is 11.1 Å². The lowest BCUT2D eigenvalue weighted by Gasteiger charge is -2.35. The van der Waals surface area contributed by atoms with Gasteiger partial charge in [0, 0.05) is 43.4 Å². The van der Waals surface area contributed by atoms with E-state index in [-0.39, 0.29) is 6.09 Å². The highest BCUT2D eigenvalue weighted by molar-refractivity contribution is 9.10. The van der Waals surface area contributed by atoms with Crippen LogP contribution in [-0.2, 0) is 11.3 Å². The van der Waals surface area contributed by atoms with Crippen LogP contribution >= 0.6 is 15.9 Å². The lowest BCUT2D eigenvalue weighted by molar-refractivity contribution is 0.0139. The number of carbonyl (C=O) groups excluding carboxylic acids is 1. The van der Waals surface area contributed by atoms with E-state index in [1.807, 2.05) is 26.8 Å². The molecule has 0 radical (unpaired) electrons. The molecule has 0 aromatic carbocycles. The van der Waals surface area contributed by atoms with Crippen molar-refractivity contribution in [3.05, 3.63) is 22.3 Å². The van der Waals surface area contributed by atoms with Gasteiger partial charge in [0.15, 0.2) is 0 Å². The molecule has 1 aliphatic rings. The molecule has 0 bridgehead atoms. The zero-order valence-corrected chi connectivity index (χ0v) is 14.9. The maximum atomic E-state index is 12.0. The van der Waals surface area contributed by atoms with Gasteiger partial charge in [0.2, 0.25) is 0 Å². The van der Waals surface area contributed by atoms with Crippen molar-refractivity contribution < 1.29 is 9.53 Å². The fourth-order valence-corrected chi connectivity index (χ4v) is 2.62. The smallest absolute Gasteiger partial charge is 0.410 e. The van der Waals surface area contributed by atoms with Crippen molar-refractivity contribution in [2.75, 3.05) is 31.9 Å². The summed E-state index contributed by atoms with van der Waals surface area (Å²) in [4.78, 5) is 20.1. The van der Waals surface area contributed by atoms with Crippen molar-refractivity contribution in [2.45, 2.75) is 32.9 Å². The number of pyridine rings is 1. The molecule has 2 rings (SSSR count). The summed E-state index contributed by atoms with van der Waals surface area (Å²) in [5.74, 6) is 0.519. The zero-order chi connectivity index (χ0) is 16.3. The summed E-state index contributed by atoms with van der Waals surface area (Å²) in [6, 6.07) is 1.88. The number of hydrogen-bond acceptors (Lipinski definition) is 5. The summed E-state index contributed by atoms with van der Waals surface area (Å²) in [7, 11) is 0. The second-order valence-electron chi connectivity index (χ2n) is 6.44. The van der Waals surface area contributed by atoms with Gasteiger partial charge in [-0.25, -0.2) is 9.78 Å². The molecule has 1 aromatic heterocycles. The molecule has 1 aliphatic heterocycles. The molecule has 0 aliphatic carbocycles. The third-order valence-corrected chi connectivity index (χ3v) is 4.09. The van der Waals surface area contributed by atoms with E-state index in [0.29, 0.717) is 18.9 Å². The van der Waals surface area contributed by atoms with E-state index in [0.717, 1.165) is 29.7 Å². The molecule has 2 heterocycles. The lowest BCUT2D eigenvalue weighted by Crippen LogP contribution is -2.49. The zero-order valence-electron chi connectivity index (χ0n) is 13.3. The molecule has 2 N–H and O–H groups in total. The van der Waals surface area contributed by atoms with Gasteiger partial charge in [0.05, 0.1) is 0 Å². The molecule has 22 heavy (non-hydrogen) atoms. The molecule has 122 valence electrons. The van der Waals surface area contributed by atoms with E-state index in [4.69, 9.17) is 10.5 Å². The predicted octanol–water partition coefficient (Wildman–Crippen LogP) is 2.48. The maximum Gasteiger partial charge on any atom is 0.410 e. The summed E-state index contributed by atoms with van der Waals surface area (Å²) in [6.07, 6.45) is 1.49. The highest BCUT2D eigenvalue weighted by atomic mass is 79.9. The molecular weight excluding hydrogens is 348 g/mol. The Labute approximate surface area is 139 Å². The first-order valence-electron chi connectivity index (χ1n) is 7.35. The molecule has 6 nitrogen and oxygen atoms in total. The van der Waals surface area contributed by atoms with E-state index >= 15 is 0 Å². The summed E-state index contributed by atoms with van der Waals surface area (Å²) in [5, 5.41) is 0. The van der Waals surface area contributed by atoms with E-state index in [2.05, 4.69) is 25.8 Å². The van der Waals surface area contributed by atoms with Crippen molar-refractivity contribution in [1.29, 1.82) is 0 Å². The molecule has 1 amide bonds. The fraction of sp³-hybridized carbons (Fsp3) is 0.600. The van der Waals surface area contributed by atoms with Crippen molar-refractivity contribution in [3.63, 3.8) is 0 Å². The van der Waals surface area contributed by atoms with Gasteiger partial charge >= 0.3 is 6.09 Å². The number of ether oxygens (including phenoxy) is 1. The average Bonchev–Trinajstić information content (AvgIpc) is 2.42. The Kier molecular flexibility index (Phi) is 5.28. The molecule has 0 saturated carbocycles. The topological polar surface area (TPSA) is 71.7 Å². The van der Waals surface area contributed by atoms with Gasteiger partial charge in [-0.2, -0.15) is 0 Å². The number of carbonyl (C=O) groups is 1. The number of aromatic nitrogens is 1. The van der Waals surface area contributed by atoms with Crippen LogP contribution in [0.5, 0.6) is 0 Å². The quantitative estimate of drug-likeness (QED) is 0.865. The van der Waals surface area contributed by atoms with Crippen LogP contribution in [0.1, 0.15) is 26.3 Å². The highest BCUT2D eigenvalue weighted by Gasteiger charge is 2.26. The largest absolute Gasteiger partial charge is 0.444 e. The third kappa shape index (κ3) is 4.84. The second kappa shape index (κ2) is 6.83. The summed E-state index contributed by atoms with van der Waals surface area (Å²) < 4.78 is 6.36. The van der Waals surface area contributed by atoms with Crippen LogP contribution < -0.4 is 5.73 Å². The van der Waals surface area contributed by atoms with E-state index in [9.17, 15) is 4.79 Å². The maximum absolute atomic E-state index is 12.0. The van der Waals surface area contributed by atoms with Gasteiger partial charge in [-0.3, -0.25) is 4.90 Å². The number of rotatable bonds is 2. The summed E-state index contributed by atoms with van der Waals surface area (Å²) in [5.41, 5.74) is 6.39. The highest BCUT2D eigenvalue weighted by Crippen LogP contribution is 2.20. The number of piperazine rings is 1. The molecule has 0 atom stereocenters. The number of nitrogens with zero attached hydrogens (tertiary/aromatic N) is 3. The van der Waals surface area contributed by atoms with Gasteiger partial charge in [0.1, 0.15) is 11.4 Å².